The molecule has 2 aromatic rings. The second-order valence-corrected chi connectivity index (χ2v) is 6.12. The first-order chi connectivity index (χ1) is 11.6. The molecule has 2 rings (SSSR count). The van der Waals surface area contributed by atoms with E-state index in [0.29, 0.717) is 29.4 Å². The summed E-state index contributed by atoms with van der Waals surface area (Å²) in [4.78, 5) is 12.2. The van der Waals surface area contributed by atoms with E-state index < -0.39 is 0 Å². The van der Waals surface area contributed by atoms with Gasteiger partial charge in [-0.15, -0.1) is 0 Å². The molecular weight excluding hydrogens is 326 g/mol. The van der Waals surface area contributed by atoms with Crippen LogP contribution in [0.2, 0.25) is 5.02 Å². The van der Waals surface area contributed by atoms with Crippen molar-refractivity contribution in [3.63, 3.8) is 0 Å². The maximum atomic E-state index is 12.2. The topological polar surface area (TPSA) is 58.6 Å². The van der Waals surface area contributed by atoms with Crippen molar-refractivity contribution in [2.75, 3.05) is 6.61 Å². The predicted molar refractivity (Wildman–Crippen MR) is 95.5 cm³/mol. The molecule has 0 aliphatic carbocycles. The Bertz CT molecular complexity index is 658. The molecule has 2 aromatic carbocycles. The van der Waals surface area contributed by atoms with Crippen LogP contribution in [0, 0.1) is 0 Å². The fraction of sp³-hybridized carbons (Fsp3) is 0.316. The number of rotatable bonds is 8. The van der Waals surface area contributed by atoms with E-state index in [2.05, 4.69) is 5.32 Å². The number of aliphatic hydroxyl groups excluding tert-OH is 1. The van der Waals surface area contributed by atoms with Crippen molar-refractivity contribution in [3.8, 4) is 5.75 Å². The standard InChI is InChI=1S/C19H22ClNO3/c1-14(4-3-11-22)21-19(23)16-5-2-6-18(12-16)24-13-15-7-9-17(20)10-8-15/h2,5-10,12,14,22H,3-4,11,13H2,1H3,(H,21,23). The summed E-state index contributed by atoms with van der Waals surface area (Å²) in [5, 5.41) is 12.4. The quantitative estimate of drug-likeness (QED) is 0.763. The first kappa shape index (κ1) is 18.3. The minimum Gasteiger partial charge on any atom is -0.489 e. The Hall–Kier alpha value is -2.04. The molecule has 2 N–H and O–H groups in total. The summed E-state index contributed by atoms with van der Waals surface area (Å²) in [5.41, 5.74) is 1.56. The fourth-order valence-electron chi connectivity index (χ4n) is 2.25. The van der Waals surface area contributed by atoms with Gasteiger partial charge in [0.05, 0.1) is 0 Å². The van der Waals surface area contributed by atoms with Crippen molar-refractivity contribution < 1.29 is 14.6 Å². The van der Waals surface area contributed by atoms with Crippen molar-refractivity contribution >= 4 is 17.5 Å². The zero-order valence-electron chi connectivity index (χ0n) is 13.7. The number of hydrogen-bond donors (Lipinski definition) is 2. The Morgan fingerprint density at radius 1 is 1.25 bits per heavy atom. The number of carbonyl (C=O) groups excluding carboxylic acids is 1. The largest absolute Gasteiger partial charge is 0.489 e. The predicted octanol–water partition coefficient (Wildman–Crippen LogP) is 3.81. The fourth-order valence-corrected chi connectivity index (χ4v) is 2.38. The van der Waals surface area contributed by atoms with Crippen molar-refractivity contribution in [3.05, 3.63) is 64.7 Å². The highest BCUT2D eigenvalue weighted by atomic mass is 35.5. The third-order valence-corrected chi connectivity index (χ3v) is 3.84. The smallest absolute Gasteiger partial charge is 0.251 e. The molecule has 1 amide bonds. The average Bonchev–Trinajstić information content (AvgIpc) is 2.59. The molecule has 0 aliphatic rings. The third-order valence-electron chi connectivity index (χ3n) is 3.59. The normalized spacial score (nSPS) is 11.8. The van der Waals surface area contributed by atoms with E-state index in [-0.39, 0.29) is 18.6 Å². The third kappa shape index (κ3) is 5.87. The zero-order chi connectivity index (χ0) is 17.4. The first-order valence-electron chi connectivity index (χ1n) is 7.97. The Balaban J connectivity index is 1.92. The summed E-state index contributed by atoms with van der Waals surface area (Å²) in [6.07, 6.45) is 1.42. The molecule has 0 bridgehead atoms. The minimum absolute atomic E-state index is 0.0169. The molecule has 0 saturated carbocycles. The lowest BCUT2D eigenvalue weighted by atomic mass is 10.1. The molecule has 0 saturated heterocycles. The first-order valence-corrected chi connectivity index (χ1v) is 8.35. The lowest BCUT2D eigenvalue weighted by molar-refractivity contribution is 0.0936. The van der Waals surface area contributed by atoms with Gasteiger partial charge in [-0.2, -0.15) is 0 Å². The van der Waals surface area contributed by atoms with Crippen LogP contribution in [0.15, 0.2) is 48.5 Å². The molecule has 128 valence electrons. The Labute approximate surface area is 147 Å². The number of benzene rings is 2. The van der Waals surface area contributed by atoms with E-state index >= 15 is 0 Å². The van der Waals surface area contributed by atoms with Crippen LogP contribution in [0.3, 0.4) is 0 Å². The van der Waals surface area contributed by atoms with Gasteiger partial charge in [0.1, 0.15) is 12.4 Å². The lowest BCUT2D eigenvalue weighted by Crippen LogP contribution is -2.32. The van der Waals surface area contributed by atoms with Gasteiger partial charge in [0.15, 0.2) is 0 Å². The zero-order valence-corrected chi connectivity index (χ0v) is 14.4. The van der Waals surface area contributed by atoms with E-state index in [1.165, 1.54) is 0 Å². The Morgan fingerprint density at radius 3 is 2.71 bits per heavy atom. The summed E-state index contributed by atoms with van der Waals surface area (Å²) < 4.78 is 5.74. The van der Waals surface area contributed by atoms with E-state index in [1.54, 1.807) is 18.2 Å². The molecule has 0 radical (unpaired) electrons. The summed E-state index contributed by atoms with van der Waals surface area (Å²) in [6.45, 7) is 2.47. The Morgan fingerprint density at radius 2 is 2.00 bits per heavy atom. The van der Waals surface area contributed by atoms with Gasteiger partial charge < -0.3 is 15.2 Å². The number of amides is 1. The number of nitrogens with one attached hydrogen (secondary N) is 1. The van der Waals surface area contributed by atoms with Crippen LogP contribution >= 0.6 is 11.6 Å². The van der Waals surface area contributed by atoms with Crippen molar-refractivity contribution in [1.82, 2.24) is 5.32 Å². The highest BCUT2D eigenvalue weighted by Crippen LogP contribution is 2.16. The maximum absolute atomic E-state index is 12.2. The molecule has 0 heterocycles. The van der Waals surface area contributed by atoms with Crippen LogP contribution in [-0.2, 0) is 6.61 Å². The lowest BCUT2D eigenvalue weighted by Gasteiger charge is -2.14. The van der Waals surface area contributed by atoms with Gasteiger partial charge in [0, 0.05) is 23.2 Å². The molecular formula is C19H22ClNO3. The van der Waals surface area contributed by atoms with Crippen LogP contribution in [0.1, 0.15) is 35.7 Å². The van der Waals surface area contributed by atoms with Gasteiger partial charge in [-0.3, -0.25) is 4.79 Å². The summed E-state index contributed by atoms with van der Waals surface area (Å²) in [7, 11) is 0. The van der Waals surface area contributed by atoms with E-state index in [9.17, 15) is 4.79 Å². The van der Waals surface area contributed by atoms with Crippen molar-refractivity contribution in [2.45, 2.75) is 32.4 Å². The molecule has 24 heavy (non-hydrogen) atoms. The highest BCUT2D eigenvalue weighted by molar-refractivity contribution is 6.30. The van der Waals surface area contributed by atoms with Crippen LogP contribution in [0.4, 0.5) is 0 Å². The van der Waals surface area contributed by atoms with E-state index in [4.69, 9.17) is 21.4 Å². The Kier molecular flexibility index (Phi) is 7.09. The second-order valence-electron chi connectivity index (χ2n) is 5.68. The van der Waals surface area contributed by atoms with Gasteiger partial charge in [-0.1, -0.05) is 29.8 Å². The molecule has 1 atom stereocenters. The molecule has 0 spiro atoms. The van der Waals surface area contributed by atoms with Crippen molar-refractivity contribution in [2.24, 2.45) is 0 Å². The second kappa shape index (κ2) is 9.30. The van der Waals surface area contributed by atoms with Crippen LogP contribution in [0.25, 0.3) is 0 Å². The van der Waals surface area contributed by atoms with Crippen LogP contribution in [0.5, 0.6) is 5.75 Å². The van der Waals surface area contributed by atoms with E-state index in [0.717, 1.165) is 12.0 Å². The van der Waals surface area contributed by atoms with Crippen molar-refractivity contribution in [1.29, 1.82) is 0 Å². The molecule has 4 nitrogen and oxygen atoms in total. The minimum atomic E-state index is -0.141. The van der Waals surface area contributed by atoms with Gasteiger partial charge in [0.25, 0.3) is 5.91 Å². The van der Waals surface area contributed by atoms with Gasteiger partial charge >= 0.3 is 0 Å². The van der Waals surface area contributed by atoms with Crippen LogP contribution in [-0.4, -0.2) is 23.7 Å². The van der Waals surface area contributed by atoms with E-state index in [1.807, 2.05) is 37.3 Å². The van der Waals surface area contributed by atoms with Gasteiger partial charge in [-0.05, 0) is 55.7 Å². The SMILES string of the molecule is CC(CCCO)NC(=O)c1cccc(OCc2ccc(Cl)cc2)c1. The summed E-state index contributed by atoms with van der Waals surface area (Å²) in [5.74, 6) is 0.498. The van der Waals surface area contributed by atoms with Gasteiger partial charge in [0.2, 0.25) is 0 Å². The van der Waals surface area contributed by atoms with Gasteiger partial charge in [-0.25, -0.2) is 0 Å². The molecule has 0 fully saturated rings. The molecule has 5 heteroatoms. The molecule has 0 aromatic heterocycles. The maximum Gasteiger partial charge on any atom is 0.251 e. The summed E-state index contributed by atoms with van der Waals surface area (Å²) in [6, 6.07) is 14.6. The number of ether oxygens (including phenoxy) is 1. The number of hydrogen-bond acceptors (Lipinski definition) is 3. The average molecular weight is 348 g/mol. The molecule has 1 unspecified atom stereocenters. The highest BCUT2D eigenvalue weighted by Gasteiger charge is 2.10. The monoisotopic (exact) mass is 347 g/mol. The molecule has 0 aliphatic heterocycles. The number of carbonyl (C=O) groups is 1. The number of halogens is 1. The number of aliphatic hydroxyl groups is 1. The summed E-state index contributed by atoms with van der Waals surface area (Å²) >= 11 is 5.86. The van der Waals surface area contributed by atoms with Crippen LogP contribution < -0.4 is 10.1 Å².